The third-order valence-corrected chi connectivity index (χ3v) is 4.80. The summed E-state index contributed by atoms with van der Waals surface area (Å²) in [4.78, 5) is 16.9. The highest BCUT2D eigenvalue weighted by Crippen LogP contribution is 2.24. The predicted octanol–water partition coefficient (Wildman–Crippen LogP) is 3.66. The van der Waals surface area contributed by atoms with E-state index >= 15 is 0 Å². The van der Waals surface area contributed by atoms with Crippen molar-refractivity contribution in [3.05, 3.63) is 65.9 Å². The largest absolute Gasteiger partial charge is 0.506 e. The lowest BCUT2D eigenvalue weighted by atomic mass is 10.1. The fourth-order valence-corrected chi connectivity index (χ4v) is 3.28. The van der Waals surface area contributed by atoms with Crippen LogP contribution in [0.2, 0.25) is 0 Å². The van der Waals surface area contributed by atoms with Crippen LogP contribution in [-0.4, -0.2) is 29.1 Å². The molecule has 1 saturated heterocycles. The number of nitrogens with zero attached hydrogens (tertiary/aromatic N) is 1. The number of nitrogens with one attached hydrogen (secondary N) is 2. The Morgan fingerprint density at radius 3 is 2.85 bits per heavy atom. The molecule has 0 bridgehead atoms. The number of phenolic OH excluding ortho intramolecular Hbond substituents is 1. The first kappa shape index (κ1) is 17.2. The summed E-state index contributed by atoms with van der Waals surface area (Å²) in [6.45, 7) is 1.62. The lowest BCUT2D eigenvalue weighted by Crippen LogP contribution is -2.24. The summed E-state index contributed by atoms with van der Waals surface area (Å²) < 4.78 is 0. The SMILES string of the molecule is O=C(Nc1ccccc1/C=C/c1ccc2cccc(O)c2n1)[C@H]1CCNC1. The normalized spacial score (nSPS) is 16.8. The maximum atomic E-state index is 12.4. The van der Waals surface area contributed by atoms with Gasteiger partial charge in [-0.2, -0.15) is 0 Å². The van der Waals surface area contributed by atoms with Crippen LogP contribution in [0.1, 0.15) is 17.7 Å². The minimum Gasteiger partial charge on any atom is -0.506 e. The molecule has 1 aliphatic rings. The molecule has 3 N–H and O–H groups in total. The molecule has 1 fully saturated rings. The number of aromatic hydroxyl groups is 1. The molecule has 1 aliphatic heterocycles. The Kier molecular flexibility index (Phi) is 4.85. The van der Waals surface area contributed by atoms with E-state index in [1.54, 1.807) is 12.1 Å². The van der Waals surface area contributed by atoms with Crippen molar-refractivity contribution in [2.45, 2.75) is 6.42 Å². The molecular weight excluding hydrogens is 338 g/mol. The molecule has 4 rings (SSSR count). The van der Waals surface area contributed by atoms with Crippen molar-refractivity contribution < 1.29 is 9.90 Å². The molecule has 1 aromatic heterocycles. The highest BCUT2D eigenvalue weighted by Gasteiger charge is 2.22. The van der Waals surface area contributed by atoms with Crippen LogP contribution in [0.25, 0.3) is 23.1 Å². The van der Waals surface area contributed by atoms with Crippen molar-refractivity contribution in [3.8, 4) is 5.75 Å². The molecule has 136 valence electrons. The molecule has 2 aromatic carbocycles. The third kappa shape index (κ3) is 3.83. The van der Waals surface area contributed by atoms with E-state index in [1.807, 2.05) is 54.6 Å². The second-order valence-corrected chi connectivity index (χ2v) is 6.68. The number of anilines is 1. The minimum atomic E-state index is 0.0205. The van der Waals surface area contributed by atoms with Crippen LogP contribution in [0.15, 0.2) is 54.6 Å². The minimum absolute atomic E-state index is 0.0205. The van der Waals surface area contributed by atoms with Gasteiger partial charge >= 0.3 is 0 Å². The molecule has 2 heterocycles. The Morgan fingerprint density at radius 1 is 1.11 bits per heavy atom. The van der Waals surface area contributed by atoms with E-state index in [1.165, 1.54) is 0 Å². The number of pyridine rings is 1. The molecular formula is C22H21N3O2. The molecule has 0 radical (unpaired) electrons. The first-order chi connectivity index (χ1) is 13.2. The first-order valence-corrected chi connectivity index (χ1v) is 9.08. The summed E-state index contributed by atoms with van der Waals surface area (Å²) in [5, 5.41) is 17.1. The highest BCUT2D eigenvalue weighted by molar-refractivity contribution is 5.95. The van der Waals surface area contributed by atoms with E-state index in [2.05, 4.69) is 15.6 Å². The number of carbonyl (C=O) groups is 1. The number of hydrogen-bond acceptors (Lipinski definition) is 4. The van der Waals surface area contributed by atoms with Crippen molar-refractivity contribution in [2.75, 3.05) is 18.4 Å². The van der Waals surface area contributed by atoms with Crippen molar-refractivity contribution in [3.63, 3.8) is 0 Å². The zero-order chi connectivity index (χ0) is 18.6. The van der Waals surface area contributed by atoms with E-state index in [0.717, 1.165) is 41.8 Å². The van der Waals surface area contributed by atoms with Crippen LogP contribution in [0.3, 0.4) is 0 Å². The zero-order valence-electron chi connectivity index (χ0n) is 14.9. The number of para-hydroxylation sites is 2. The third-order valence-electron chi connectivity index (χ3n) is 4.80. The fourth-order valence-electron chi connectivity index (χ4n) is 3.28. The number of fused-ring (bicyclic) bond motifs is 1. The zero-order valence-corrected chi connectivity index (χ0v) is 14.9. The van der Waals surface area contributed by atoms with Gasteiger partial charge in [-0.25, -0.2) is 4.98 Å². The Labute approximate surface area is 157 Å². The monoisotopic (exact) mass is 359 g/mol. The number of amides is 1. The second-order valence-electron chi connectivity index (χ2n) is 6.68. The van der Waals surface area contributed by atoms with Gasteiger partial charge in [0.1, 0.15) is 11.3 Å². The quantitative estimate of drug-likeness (QED) is 0.665. The van der Waals surface area contributed by atoms with E-state index in [4.69, 9.17) is 0 Å². The molecule has 0 unspecified atom stereocenters. The Balaban J connectivity index is 1.57. The van der Waals surface area contributed by atoms with Gasteiger partial charge in [-0.05, 0) is 42.8 Å². The van der Waals surface area contributed by atoms with Crippen LogP contribution in [0.4, 0.5) is 5.69 Å². The molecule has 0 saturated carbocycles. The van der Waals surface area contributed by atoms with Gasteiger partial charge in [0.05, 0.1) is 11.6 Å². The maximum Gasteiger partial charge on any atom is 0.228 e. The van der Waals surface area contributed by atoms with Crippen LogP contribution in [-0.2, 0) is 4.79 Å². The summed E-state index contributed by atoms with van der Waals surface area (Å²) in [7, 11) is 0. The van der Waals surface area contributed by atoms with Gasteiger partial charge in [0.25, 0.3) is 0 Å². The number of benzene rings is 2. The summed E-state index contributed by atoms with van der Waals surface area (Å²) >= 11 is 0. The lowest BCUT2D eigenvalue weighted by Gasteiger charge is -2.12. The van der Waals surface area contributed by atoms with Gasteiger partial charge in [-0.3, -0.25) is 4.79 Å². The van der Waals surface area contributed by atoms with Crippen molar-refractivity contribution in [1.82, 2.24) is 10.3 Å². The van der Waals surface area contributed by atoms with E-state index in [9.17, 15) is 9.90 Å². The molecule has 5 nitrogen and oxygen atoms in total. The van der Waals surface area contributed by atoms with Crippen LogP contribution < -0.4 is 10.6 Å². The van der Waals surface area contributed by atoms with Crippen LogP contribution >= 0.6 is 0 Å². The summed E-state index contributed by atoms with van der Waals surface area (Å²) in [5.41, 5.74) is 3.02. The van der Waals surface area contributed by atoms with Crippen molar-refractivity contribution in [1.29, 1.82) is 0 Å². The maximum absolute atomic E-state index is 12.4. The van der Waals surface area contributed by atoms with Gasteiger partial charge in [0, 0.05) is 17.6 Å². The number of aromatic nitrogens is 1. The van der Waals surface area contributed by atoms with E-state index < -0.39 is 0 Å². The number of phenols is 1. The number of rotatable bonds is 4. The average Bonchev–Trinajstić information content (AvgIpc) is 3.23. The summed E-state index contributed by atoms with van der Waals surface area (Å²) in [5.74, 6) is 0.238. The molecule has 5 heteroatoms. The second kappa shape index (κ2) is 7.60. The average molecular weight is 359 g/mol. The molecule has 0 aliphatic carbocycles. The van der Waals surface area contributed by atoms with Gasteiger partial charge in [0.15, 0.2) is 0 Å². The van der Waals surface area contributed by atoms with Crippen molar-refractivity contribution in [2.24, 2.45) is 5.92 Å². The predicted molar refractivity (Wildman–Crippen MR) is 108 cm³/mol. The summed E-state index contributed by atoms with van der Waals surface area (Å²) in [6.07, 6.45) is 4.68. The molecule has 27 heavy (non-hydrogen) atoms. The molecule has 3 aromatic rings. The Hall–Kier alpha value is -3.18. The molecule has 0 spiro atoms. The summed E-state index contributed by atoms with van der Waals surface area (Å²) in [6, 6.07) is 16.9. The molecule has 1 atom stereocenters. The number of carbonyl (C=O) groups excluding carboxylic acids is 1. The number of hydrogen-bond donors (Lipinski definition) is 3. The standard InChI is InChI=1S/C22H21N3O2/c26-20-7-3-5-16-9-11-18(24-21(16)20)10-8-15-4-1-2-6-19(15)25-22(27)17-12-13-23-14-17/h1-11,17,23,26H,12-14H2,(H,25,27)/b10-8+/t17-/m0/s1. The first-order valence-electron chi connectivity index (χ1n) is 9.08. The van der Waals surface area contributed by atoms with Gasteiger partial charge in [-0.1, -0.05) is 42.5 Å². The van der Waals surface area contributed by atoms with Gasteiger partial charge < -0.3 is 15.7 Å². The fraction of sp³-hybridized carbons (Fsp3) is 0.182. The Morgan fingerprint density at radius 2 is 2.00 bits per heavy atom. The van der Waals surface area contributed by atoms with Crippen LogP contribution in [0.5, 0.6) is 5.75 Å². The smallest absolute Gasteiger partial charge is 0.228 e. The van der Waals surface area contributed by atoms with Crippen molar-refractivity contribution >= 4 is 34.6 Å². The highest BCUT2D eigenvalue weighted by atomic mass is 16.3. The topological polar surface area (TPSA) is 74.2 Å². The lowest BCUT2D eigenvalue weighted by molar-refractivity contribution is -0.119. The van der Waals surface area contributed by atoms with Gasteiger partial charge in [-0.15, -0.1) is 0 Å². The van der Waals surface area contributed by atoms with E-state index in [-0.39, 0.29) is 17.6 Å². The van der Waals surface area contributed by atoms with E-state index in [0.29, 0.717) is 5.52 Å². The molecule has 1 amide bonds. The van der Waals surface area contributed by atoms with Crippen LogP contribution in [0, 0.1) is 5.92 Å². The Bertz CT molecular complexity index is 1010. The van der Waals surface area contributed by atoms with Gasteiger partial charge in [0.2, 0.25) is 5.91 Å².